The summed E-state index contributed by atoms with van der Waals surface area (Å²) < 4.78 is 23.4. The molecule has 2 N–H and O–H groups in total. The van der Waals surface area contributed by atoms with Crippen LogP contribution in [-0.4, -0.2) is 49.7 Å². The average molecular weight is 296 g/mol. The number of esters is 1. The standard InChI is InChI=1S/C14H17FN2O4/c1-20-13(18)7-10-8-17(4-5-21-10)14(19)9-2-3-12(16)11(15)6-9/h2-3,6,10H,4-5,7-8,16H2,1H3. The second-order valence-electron chi connectivity index (χ2n) is 4.76. The average Bonchev–Trinajstić information content (AvgIpc) is 2.49. The number of amides is 1. The molecule has 1 aromatic rings. The predicted octanol–water partition coefficient (Wildman–Crippen LogP) is 0.812. The van der Waals surface area contributed by atoms with E-state index < -0.39 is 17.9 Å². The first kappa shape index (κ1) is 15.2. The summed E-state index contributed by atoms with van der Waals surface area (Å²) in [6.45, 7) is 0.979. The van der Waals surface area contributed by atoms with Gasteiger partial charge in [-0.05, 0) is 18.2 Å². The number of nitrogens with two attached hydrogens (primary N) is 1. The molecule has 1 aliphatic heterocycles. The molecule has 0 bridgehead atoms. The second kappa shape index (κ2) is 6.53. The maximum atomic E-state index is 13.4. The van der Waals surface area contributed by atoms with E-state index in [9.17, 15) is 14.0 Å². The number of nitrogens with zero attached hydrogens (tertiary/aromatic N) is 1. The first-order valence-corrected chi connectivity index (χ1v) is 6.54. The molecule has 21 heavy (non-hydrogen) atoms. The Labute approximate surface area is 121 Å². The first-order valence-electron chi connectivity index (χ1n) is 6.54. The molecule has 1 saturated heterocycles. The Bertz CT molecular complexity index is 550. The van der Waals surface area contributed by atoms with Crippen molar-refractivity contribution in [2.24, 2.45) is 0 Å². The third kappa shape index (κ3) is 3.69. The lowest BCUT2D eigenvalue weighted by Gasteiger charge is -2.32. The molecule has 0 aliphatic carbocycles. The van der Waals surface area contributed by atoms with Gasteiger partial charge in [0.25, 0.3) is 5.91 Å². The van der Waals surface area contributed by atoms with Gasteiger partial charge in [0.2, 0.25) is 0 Å². The number of hydrogen-bond acceptors (Lipinski definition) is 5. The zero-order valence-electron chi connectivity index (χ0n) is 11.7. The van der Waals surface area contributed by atoms with Crippen LogP contribution in [0.1, 0.15) is 16.8 Å². The van der Waals surface area contributed by atoms with Crippen molar-refractivity contribution in [3.8, 4) is 0 Å². The number of methoxy groups -OCH3 is 1. The monoisotopic (exact) mass is 296 g/mol. The van der Waals surface area contributed by atoms with Crippen molar-refractivity contribution in [1.29, 1.82) is 0 Å². The molecule has 1 aromatic carbocycles. The van der Waals surface area contributed by atoms with Gasteiger partial charge in [-0.25, -0.2) is 4.39 Å². The van der Waals surface area contributed by atoms with Crippen LogP contribution in [0.15, 0.2) is 18.2 Å². The Morgan fingerprint density at radius 1 is 1.52 bits per heavy atom. The normalized spacial score (nSPS) is 18.4. The van der Waals surface area contributed by atoms with Gasteiger partial charge >= 0.3 is 5.97 Å². The van der Waals surface area contributed by atoms with Crippen molar-refractivity contribution >= 4 is 17.6 Å². The van der Waals surface area contributed by atoms with Crippen LogP contribution in [-0.2, 0) is 14.3 Å². The van der Waals surface area contributed by atoms with E-state index in [2.05, 4.69) is 4.74 Å². The fourth-order valence-corrected chi connectivity index (χ4v) is 2.14. The van der Waals surface area contributed by atoms with Crippen LogP contribution in [0.2, 0.25) is 0 Å². The molecule has 0 saturated carbocycles. The minimum Gasteiger partial charge on any atom is -0.469 e. The first-order chi connectivity index (χ1) is 10.0. The van der Waals surface area contributed by atoms with Gasteiger partial charge in [0.15, 0.2) is 0 Å². The van der Waals surface area contributed by atoms with Gasteiger partial charge in [0.05, 0.1) is 31.9 Å². The zero-order chi connectivity index (χ0) is 15.4. The summed E-state index contributed by atoms with van der Waals surface area (Å²) in [4.78, 5) is 25.1. The largest absolute Gasteiger partial charge is 0.469 e. The summed E-state index contributed by atoms with van der Waals surface area (Å²) in [6, 6.07) is 3.95. The molecule has 2 rings (SSSR count). The number of rotatable bonds is 3. The lowest BCUT2D eigenvalue weighted by Crippen LogP contribution is -2.46. The summed E-state index contributed by atoms with van der Waals surface area (Å²) in [7, 11) is 1.30. The highest BCUT2D eigenvalue weighted by Gasteiger charge is 2.27. The number of halogens is 1. The van der Waals surface area contributed by atoms with Crippen LogP contribution in [0, 0.1) is 5.82 Å². The molecule has 0 spiro atoms. The molecule has 114 valence electrons. The van der Waals surface area contributed by atoms with E-state index in [4.69, 9.17) is 10.5 Å². The van der Waals surface area contributed by atoms with E-state index >= 15 is 0 Å². The SMILES string of the molecule is COC(=O)CC1CN(C(=O)c2ccc(N)c(F)c2)CCO1. The van der Waals surface area contributed by atoms with Crippen LogP contribution in [0.3, 0.4) is 0 Å². The van der Waals surface area contributed by atoms with Crippen LogP contribution in [0.5, 0.6) is 0 Å². The molecule has 6 nitrogen and oxygen atoms in total. The van der Waals surface area contributed by atoms with Crippen LogP contribution >= 0.6 is 0 Å². The van der Waals surface area contributed by atoms with E-state index in [1.807, 2.05) is 0 Å². The molecule has 1 unspecified atom stereocenters. The number of nitrogen functional groups attached to an aromatic ring is 1. The number of benzene rings is 1. The van der Waals surface area contributed by atoms with Crippen molar-refractivity contribution in [1.82, 2.24) is 4.90 Å². The molecule has 1 amide bonds. The molecule has 1 fully saturated rings. The third-order valence-electron chi connectivity index (χ3n) is 3.30. The van der Waals surface area contributed by atoms with Crippen molar-refractivity contribution in [2.75, 3.05) is 32.5 Å². The van der Waals surface area contributed by atoms with Crippen molar-refractivity contribution in [3.63, 3.8) is 0 Å². The summed E-state index contributed by atoms with van der Waals surface area (Å²) in [5.41, 5.74) is 5.61. The van der Waals surface area contributed by atoms with Gasteiger partial charge in [-0.15, -0.1) is 0 Å². The van der Waals surface area contributed by atoms with Gasteiger partial charge < -0.3 is 20.1 Å². The fraction of sp³-hybridized carbons (Fsp3) is 0.429. The Hall–Kier alpha value is -2.15. The van der Waals surface area contributed by atoms with Crippen LogP contribution in [0.25, 0.3) is 0 Å². The Balaban J connectivity index is 2.04. The minimum atomic E-state index is -0.625. The Kier molecular flexibility index (Phi) is 4.74. The van der Waals surface area contributed by atoms with E-state index in [0.29, 0.717) is 13.2 Å². The molecule has 1 atom stereocenters. The second-order valence-corrected chi connectivity index (χ2v) is 4.76. The van der Waals surface area contributed by atoms with Gasteiger partial charge in [0.1, 0.15) is 5.82 Å². The lowest BCUT2D eigenvalue weighted by molar-refractivity contribution is -0.145. The molecule has 0 aromatic heterocycles. The maximum Gasteiger partial charge on any atom is 0.308 e. The number of hydrogen-bond donors (Lipinski definition) is 1. The van der Waals surface area contributed by atoms with Crippen molar-refractivity contribution in [2.45, 2.75) is 12.5 Å². The quantitative estimate of drug-likeness (QED) is 0.659. The van der Waals surface area contributed by atoms with Crippen LogP contribution < -0.4 is 5.73 Å². The van der Waals surface area contributed by atoms with Gasteiger partial charge in [0, 0.05) is 18.7 Å². The molecular formula is C14H17FN2O4. The lowest BCUT2D eigenvalue weighted by atomic mass is 10.1. The summed E-state index contributed by atoms with van der Waals surface area (Å²) >= 11 is 0. The Morgan fingerprint density at radius 3 is 2.95 bits per heavy atom. The molecule has 7 heteroatoms. The molecule has 1 heterocycles. The predicted molar refractivity (Wildman–Crippen MR) is 73.1 cm³/mol. The summed E-state index contributed by atoms with van der Waals surface area (Å²) in [5, 5.41) is 0. The fourth-order valence-electron chi connectivity index (χ4n) is 2.14. The highest BCUT2D eigenvalue weighted by atomic mass is 19.1. The number of anilines is 1. The minimum absolute atomic E-state index is 0.00269. The smallest absolute Gasteiger partial charge is 0.308 e. The van der Waals surface area contributed by atoms with Gasteiger partial charge in [-0.2, -0.15) is 0 Å². The molecule has 0 radical (unpaired) electrons. The molecule has 1 aliphatic rings. The van der Waals surface area contributed by atoms with Gasteiger partial charge in [-0.3, -0.25) is 9.59 Å². The van der Waals surface area contributed by atoms with Crippen molar-refractivity contribution < 1.29 is 23.5 Å². The third-order valence-corrected chi connectivity index (χ3v) is 3.30. The zero-order valence-corrected chi connectivity index (χ0v) is 11.7. The van der Waals surface area contributed by atoms with E-state index in [-0.39, 0.29) is 30.1 Å². The number of carbonyl (C=O) groups excluding carboxylic acids is 2. The topological polar surface area (TPSA) is 81.9 Å². The van der Waals surface area contributed by atoms with Crippen molar-refractivity contribution in [3.05, 3.63) is 29.6 Å². The van der Waals surface area contributed by atoms with Gasteiger partial charge in [-0.1, -0.05) is 0 Å². The Morgan fingerprint density at radius 2 is 2.29 bits per heavy atom. The maximum absolute atomic E-state index is 13.4. The molecular weight excluding hydrogens is 279 g/mol. The summed E-state index contributed by atoms with van der Waals surface area (Å²) in [5.74, 6) is -1.33. The number of ether oxygens (including phenoxy) is 2. The van der Waals surface area contributed by atoms with E-state index in [1.165, 1.54) is 24.1 Å². The van der Waals surface area contributed by atoms with Crippen LogP contribution in [0.4, 0.5) is 10.1 Å². The summed E-state index contributed by atoms with van der Waals surface area (Å²) in [6.07, 6.45) is -0.329. The highest BCUT2D eigenvalue weighted by molar-refractivity contribution is 5.94. The highest BCUT2D eigenvalue weighted by Crippen LogP contribution is 2.16. The van der Waals surface area contributed by atoms with E-state index in [0.717, 1.165) is 6.07 Å². The number of morpholine rings is 1. The number of carbonyl (C=O) groups is 2. The van der Waals surface area contributed by atoms with E-state index in [1.54, 1.807) is 0 Å².